The maximum atomic E-state index is 13.0. The number of aliphatic hydroxyl groups is 1. The fourth-order valence-corrected chi connectivity index (χ4v) is 3.23. The van der Waals surface area contributed by atoms with Crippen LogP contribution in [0.3, 0.4) is 0 Å². The Morgan fingerprint density at radius 3 is 2.75 bits per heavy atom. The van der Waals surface area contributed by atoms with Crippen LogP contribution in [0.4, 0.5) is 10.1 Å². The normalized spacial score (nSPS) is 19.4. The van der Waals surface area contributed by atoms with E-state index in [2.05, 4.69) is 5.32 Å². The highest BCUT2D eigenvalue weighted by Crippen LogP contribution is 2.30. The number of benzene rings is 1. The molecule has 1 aliphatic rings. The van der Waals surface area contributed by atoms with E-state index in [9.17, 15) is 9.50 Å². The van der Waals surface area contributed by atoms with Crippen molar-refractivity contribution >= 4 is 17.4 Å². The van der Waals surface area contributed by atoms with Gasteiger partial charge in [0.05, 0.1) is 12.1 Å². The quantitative estimate of drug-likeness (QED) is 0.852. The molecule has 2 rings (SSSR count). The van der Waals surface area contributed by atoms with Gasteiger partial charge in [-0.25, -0.2) is 4.39 Å². The number of thioether (sulfide) groups is 1. The lowest BCUT2D eigenvalue weighted by Gasteiger charge is -2.37. The summed E-state index contributed by atoms with van der Waals surface area (Å²) in [6, 6.07) is 6.41. The number of rotatable bonds is 3. The molecule has 1 heterocycles. The highest BCUT2D eigenvalue weighted by molar-refractivity contribution is 7.99. The van der Waals surface area contributed by atoms with Crippen LogP contribution in [-0.2, 0) is 0 Å². The van der Waals surface area contributed by atoms with Crippen LogP contribution in [-0.4, -0.2) is 28.8 Å². The number of hydrogen-bond donors (Lipinski definition) is 2. The summed E-state index contributed by atoms with van der Waals surface area (Å²) in [4.78, 5) is 0. The number of halogens is 1. The third-order valence-corrected chi connectivity index (χ3v) is 3.97. The van der Waals surface area contributed by atoms with Gasteiger partial charge >= 0.3 is 0 Å². The van der Waals surface area contributed by atoms with E-state index in [4.69, 9.17) is 0 Å². The van der Waals surface area contributed by atoms with E-state index in [0.29, 0.717) is 0 Å². The molecule has 0 aromatic heterocycles. The van der Waals surface area contributed by atoms with Gasteiger partial charge in [-0.1, -0.05) is 6.07 Å². The molecule has 1 saturated heterocycles. The van der Waals surface area contributed by atoms with Crippen LogP contribution in [0.15, 0.2) is 24.3 Å². The minimum atomic E-state index is -0.265. The summed E-state index contributed by atoms with van der Waals surface area (Å²) in [5.41, 5.74) is 0.486. The van der Waals surface area contributed by atoms with Gasteiger partial charge in [0.15, 0.2) is 0 Å². The molecule has 0 radical (unpaired) electrons. The Kier molecular flexibility index (Phi) is 3.71. The van der Waals surface area contributed by atoms with Gasteiger partial charge in [-0.3, -0.25) is 0 Å². The van der Waals surface area contributed by atoms with Crippen LogP contribution >= 0.6 is 11.8 Å². The Hall–Kier alpha value is -0.740. The van der Waals surface area contributed by atoms with Crippen LogP contribution in [0.2, 0.25) is 0 Å². The molecule has 88 valence electrons. The lowest BCUT2D eigenvalue weighted by atomic mass is 9.93. The molecule has 0 spiro atoms. The molecule has 0 atom stereocenters. The van der Waals surface area contributed by atoms with Gasteiger partial charge in [0, 0.05) is 5.69 Å². The molecule has 1 aromatic carbocycles. The molecular formula is C12H16FNOS. The van der Waals surface area contributed by atoms with E-state index in [0.717, 1.165) is 30.0 Å². The first-order valence-electron chi connectivity index (χ1n) is 5.46. The predicted octanol–water partition coefficient (Wildman–Crippen LogP) is 2.50. The lowest BCUT2D eigenvalue weighted by Crippen LogP contribution is -2.45. The average Bonchev–Trinajstić information content (AvgIpc) is 2.30. The van der Waals surface area contributed by atoms with E-state index in [-0.39, 0.29) is 18.0 Å². The van der Waals surface area contributed by atoms with E-state index in [1.54, 1.807) is 6.07 Å². The van der Waals surface area contributed by atoms with Gasteiger partial charge in [-0.15, -0.1) is 0 Å². The van der Waals surface area contributed by atoms with Crippen molar-refractivity contribution in [2.45, 2.75) is 18.4 Å². The van der Waals surface area contributed by atoms with Crippen molar-refractivity contribution in [3.05, 3.63) is 30.1 Å². The van der Waals surface area contributed by atoms with Crippen LogP contribution in [0, 0.1) is 5.82 Å². The summed E-state index contributed by atoms with van der Waals surface area (Å²) in [6.45, 7) is 0.101. The van der Waals surface area contributed by atoms with Crippen molar-refractivity contribution in [3.8, 4) is 0 Å². The summed E-state index contributed by atoms with van der Waals surface area (Å²) in [5.74, 6) is 1.84. The van der Waals surface area contributed by atoms with Crippen LogP contribution < -0.4 is 5.32 Å². The number of nitrogens with one attached hydrogen (secondary N) is 1. The molecule has 0 amide bonds. The molecule has 0 saturated carbocycles. The molecule has 1 aromatic rings. The molecule has 4 heteroatoms. The number of aliphatic hydroxyl groups excluding tert-OH is 1. The summed E-state index contributed by atoms with van der Waals surface area (Å²) in [7, 11) is 0. The van der Waals surface area contributed by atoms with Gasteiger partial charge in [0.2, 0.25) is 0 Å². The van der Waals surface area contributed by atoms with Gasteiger partial charge < -0.3 is 10.4 Å². The third kappa shape index (κ3) is 2.68. The first-order valence-corrected chi connectivity index (χ1v) is 6.62. The van der Waals surface area contributed by atoms with E-state index >= 15 is 0 Å². The number of hydrogen-bond acceptors (Lipinski definition) is 3. The summed E-state index contributed by atoms with van der Waals surface area (Å²) in [5, 5.41) is 12.8. The van der Waals surface area contributed by atoms with Crippen LogP contribution in [0.1, 0.15) is 12.8 Å². The Bertz CT molecular complexity index is 353. The largest absolute Gasteiger partial charge is 0.394 e. The van der Waals surface area contributed by atoms with Crippen LogP contribution in [0.25, 0.3) is 0 Å². The van der Waals surface area contributed by atoms with Crippen molar-refractivity contribution in [1.82, 2.24) is 0 Å². The van der Waals surface area contributed by atoms with E-state index in [1.165, 1.54) is 12.1 Å². The van der Waals surface area contributed by atoms with Crippen molar-refractivity contribution in [3.63, 3.8) is 0 Å². The molecule has 2 N–H and O–H groups in total. The Balaban J connectivity index is 2.11. The fraction of sp³-hybridized carbons (Fsp3) is 0.500. The molecule has 16 heavy (non-hydrogen) atoms. The van der Waals surface area contributed by atoms with Crippen LogP contribution in [0.5, 0.6) is 0 Å². The molecular weight excluding hydrogens is 225 g/mol. The summed E-state index contributed by atoms with van der Waals surface area (Å²) < 4.78 is 13.0. The maximum absolute atomic E-state index is 13.0. The first kappa shape index (κ1) is 11.7. The van der Waals surface area contributed by atoms with Crippen molar-refractivity contribution in [1.29, 1.82) is 0 Å². The Morgan fingerprint density at radius 1 is 1.38 bits per heavy atom. The zero-order valence-electron chi connectivity index (χ0n) is 9.08. The lowest BCUT2D eigenvalue weighted by molar-refractivity contribution is 0.202. The minimum Gasteiger partial charge on any atom is -0.394 e. The van der Waals surface area contributed by atoms with Gasteiger partial charge in [-0.05, 0) is 42.5 Å². The molecule has 0 unspecified atom stereocenters. The third-order valence-electron chi connectivity index (χ3n) is 2.99. The van der Waals surface area contributed by atoms with Gasteiger partial charge in [-0.2, -0.15) is 11.8 Å². The van der Waals surface area contributed by atoms with E-state index < -0.39 is 0 Å². The predicted molar refractivity (Wildman–Crippen MR) is 66.4 cm³/mol. The summed E-state index contributed by atoms with van der Waals surface area (Å²) in [6.07, 6.45) is 1.84. The second kappa shape index (κ2) is 5.06. The molecule has 1 fully saturated rings. The topological polar surface area (TPSA) is 32.3 Å². The van der Waals surface area contributed by atoms with E-state index in [1.807, 2.05) is 17.8 Å². The minimum absolute atomic E-state index is 0.101. The molecule has 1 aliphatic heterocycles. The molecule has 2 nitrogen and oxygen atoms in total. The standard InChI is InChI=1S/C12H16FNOS/c13-10-2-1-3-11(8-10)14-12(9-15)4-6-16-7-5-12/h1-3,8,14-15H,4-7,9H2. The SMILES string of the molecule is OCC1(Nc2cccc(F)c2)CCSCC1. The van der Waals surface area contributed by atoms with Crippen molar-refractivity contribution in [2.24, 2.45) is 0 Å². The maximum Gasteiger partial charge on any atom is 0.125 e. The average molecular weight is 241 g/mol. The molecule has 0 aliphatic carbocycles. The van der Waals surface area contributed by atoms with Gasteiger partial charge in [0.25, 0.3) is 0 Å². The Labute approximate surface area is 99.2 Å². The highest BCUT2D eigenvalue weighted by atomic mass is 32.2. The fourth-order valence-electron chi connectivity index (χ4n) is 1.96. The first-order chi connectivity index (χ1) is 7.74. The zero-order chi connectivity index (χ0) is 11.4. The monoisotopic (exact) mass is 241 g/mol. The smallest absolute Gasteiger partial charge is 0.125 e. The highest BCUT2D eigenvalue weighted by Gasteiger charge is 2.31. The second-order valence-electron chi connectivity index (χ2n) is 4.19. The summed E-state index contributed by atoms with van der Waals surface area (Å²) >= 11 is 1.90. The Morgan fingerprint density at radius 2 is 2.12 bits per heavy atom. The van der Waals surface area contributed by atoms with Gasteiger partial charge in [0.1, 0.15) is 5.82 Å². The zero-order valence-corrected chi connectivity index (χ0v) is 9.89. The van der Waals surface area contributed by atoms with Crippen molar-refractivity contribution < 1.29 is 9.50 Å². The number of anilines is 1. The second-order valence-corrected chi connectivity index (χ2v) is 5.41. The van der Waals surface area contributed by atoms with Crippen molar-refractivity contribution in [2.75, 3.05) is 23.4 Å². The molecule has 0 bridgehead atoms.